The third-order valence-corrected chi connectivity index (χ3v) is 3.93. The molecule has 0 unspecified atom stereocenters. The summed E-state index contributed by atoms with van der Waals surface area (Å²) in [7, 11) is 0. The topological polar surface area (TPSA) is 69.6 Å². The fraction of sp³-hybridized carbons (Fsp3) is 0.0556. The first kappa shape index (κ1) is 16.1. The number of aromatic nitrogens is 4. The molecule has 4 aromatic rings. The van der Waals surface area contributed by atoms with E-state index < -0.39 is 11.7 Å². The van der Waals surface area contributed by atoms with E-state index in [4.69, 9.17) is 5.73 Å². The number of imidazole rings is 1. The summed E-state index contributed by atoms with van der Waals surface area (Å²) in [5, 5.41) is 0. The van der Waals surface area contributed by atoms with Crippen molar-refractivity contribution in [2.45, 2.75) is 6.18 Å². The van der Waals surface area contributed by atoms with Crippen LogP contribution in [-0.2, 0) is 6.18 Å². The number of hydrogen-bond donors (Lipinski definition) is 1. The van der Waals surface area contributed by atoms with Crippen LogP contribution in [0.4, 0.5) is 19.0 Å². The van der Waals surface area contributed by atoms with E-state index in [1.54, 1.807) is 10.9 Å². The van der Waals surface area contributed by atoms with E-state index in [0.717, 1.165) is 17.8 Å². The third kappa shape index (κ3) is 2.75. The molecule has 2 heterocycles. The number of alkyl halides is 3. The van der Waals surface area contributed by atoms with Gasteiger partial charge in [0, 0.05) is 11.3 Å². The quantitative estimate of drug-likeness (QED) is 0.588. The van der Waals surface area contributed by atoms with Crippen LogP contribution in [0.2, 0.25) is 0 Å². The van der Waals surface area contributed by atoms with Gasteiger partial charge in [0.15, 0.2) is 22.8 Å². The Morgan fingerprint density at radius 3 is 2.23 bits per heavy atom. The highest BCUT2D eigenvalue weighted by molar-refractivity contribution is 5.85. The Balaban J connectivity index is 1.84. The average Bonchev–Trinajstić information content (AvgIpc) is 3.06. The van der Waals surface area contributed by atoms with Gasteiger partial charge in [-0.3, -0.25) is 4.57 Å². The number of halogens is 3. The van der Waals surface area contributed by atoms with E-state index >= 15 is 0 Å². The second-order valence-corrected chi connectivity index (χ2v) is 5.63. The van der Waals surface area contributed by atoms with Crippen molar-refractivity contribution in [3.63, 3.8) is 0 Å². The van der Waals surface area contributed by atoms with Crippen LogP contribution in [0.25, 0.3) is 28.2 Å². The Labute approximate surface area is 146 Å². The average molecular weight is 355 g/mol. The van der Waals surface area contributed by atoms with E-state index in [2.05, 4.69) is 15.0 Å². The maximum Gasteiger partial charge on any atom is 0.416 e. The van der Waals surface area contributed by atoms with Crippen molar-refractivity contribution in [1.82, 2.24) is 19.5 Å². The molecule has 5 nitrogen and oxygen atoms in total. The second kappa shape index (κ2) is 5.83. The number of benzene rings is 2. The van der Waals surface area contributed by atoms with Crippen LogP contribution in [0.3, 0.4) is 0 Å². The third-order valence-electron chi connectivity index (χ3n) is 3.93. The Bertz CT molecular complexity index is 1070. The van der Waals surface area contributed by atoms with Gasteiger partial charge in [-0.1, -0.05) is 30.3 Å². The van der Waals surface area contributed by atoms with Crippen molar-refractivity contribution in [2.75, 3.05) is 5.73 Å². The largest absolute Gasteiger partial charge is 0.416 e. The molecule has 0 saturated heterocycles. The number of para-hydroxylation sites is 1. The monoisotopic (exact) mass is 355 g/mol. The zero-order valence-corrected chi connectivity index (χ0v) is 13.3. The van der Waals surface area contributed by atoms with Gasteiger partial charge in [-0.15, -0.1) is 0 Å². The molecule has 130 valence electrons. The van der Waals surface area contributed by atoms with Gasteiger partial charge in [-0.05, 0) is 24.3 Å². The number of rotatable bonds is 2. The SMILES string of the molecule is Nc1nc(-c2ccc(C(F)(F)F)cc2)nc2c1ncn2-c1ccccc1. The number of anilines is 1. The number of nitrogen functional groups attached to an aromatic ring is 1. The van der Waals surface area contributed by atoms with Gasteiger partial charge < -0.3 is 5.73 Å². The molecular weight excluding hydrogens is 343 g/mol. The highest BCUT2D eigenvalue weighted by Gasteiger charge is 2.30. The summed E-state index contributed by atoms with van der Waals surface area (Å²) >= 11 is 0. The van der Waals surface area contributed by atoms with Gasteiger partial charge in [0.1, 0.15) is 6.33 Å². The van der Waals surface area contributed by atoms with Crippen LogP contribution in [0, 0.1) is 0 Å². The zero-order valence-electron chi connectivity index (χ0n) is 13.3. The van der Waals surface area contributed by atoms with Crippen molar-refractivity contribution in [3.05, 3.63) is 66.5 Å². The highest BCUT2D eigenvalue weighted by Crippen LogP contribution is 2.31. The minimum absolute atomic E-state index is 0.166. The summed E-state index contributed by atoms with van der Waals surface area (Å²) in [6.45, 7) is 0. The summed E-state index contributed by atoms with van der Waals surface area (Å²) in [6, 6.07) is 14.1. The van der Waals surface area contributed by atoms with Crippen molar-refractivity contribution >= 4 is 17.0 Å². The molecular formula is C18H12F3N5. The highest BCUT2D eigenvalue weighted by atomic mass is 19.4. The molecule has 8 heteroatoms. The number of nitrogens with zero attached hydrogens (tertiary/aromatic N) is 4. The fourth-order valence-electron chi connectivity index (χ4n) is 2.64. The molecule has 2 N–H and O–H groups in total. The summed E-state index contributed by atoms with van der Waals surface area (Å²) in [4.78, 5) is 12.9. The van der Waals surface area contributed by atoms with Crippen LogP contribution in [0.1, 0.15) is 5.56 Å². The van der Waals surface area contributed by atoms with Gasteiger partial charge in [0.2, 0.25) is 0 Å². The van der Waals surface area contributed by atoms with E-state index in [9.17, 15) is 13.2 Å². The molecule has 0 aliphatic carbocycles. The summed E-state index contributed by atoms with van der Waals surface area (Å²) in [5.74, 6) is 0.404. The van der Waals surface area contributed by atoms with Crippen LogP contribution in [0.5, 0.6) is 0 Å². The standard InChI is InChI=1S/C18H12F3N5/c19-18(20,21)12-8-6-11(7-9-12)16-24-15(22)14-17(25-16)26(10-23-14)13-4-2-1-3-5-13/h1-10H,(H2,22,24,25). The van der Waals surface area contributed by atoms with Crippen molar-refractivity contribution in [1.29, 1.82) is 0 Å². The molecule has 2 aromatic carbocycles. The van der Waals surface area contributed by atoms with Crippen molar-refractivity contribution < 1.29 is 13.2 Å². The number of hydrogen-bond acceptors (Lipinski definition) is 4. The summed E-state index contributed by atoms with van der Waals surface area (Å²) in [5.41, 5.74) is 7.44. The van der Waals surface area contributed by atoms with Crippen LogP contribution in [-0.4, -0.2) is 19.5 Å². The summed E-state index contributed by atoms with van der Waals surface area (Å²) < 4.78 is 39.9. The van der Waals surface area contributed by atoms with Crippen LogP contribution < -0.4 is 5.73 Å². The Hall–Kier alpha value is -3.42. The maximum atomic E-state index is 12.7. The molecule has 0 atom stereocenters. The molecule has 0 aliphatic heterocycles. The lowest BCUT2D eigenvalue weighted by molar-refractivity contribution is -0.137. The minimum Gasteiger partial charge on any atom is -0.382 e. The first-order valence-corrected chi connectivity index (χ1v) is 7.67. The normalized spacial score (nSPS) is 11.8. The molecule has 0 radical (unpaired) electrons. The maximum absolute atomic E-state index is 12.7. The predicted octanol–water partition coefficient (Wildman–Crippen LogP) is 4.08. The molecule has 0 spiro atoms. The van der Waals surface area contributed by atoms with Gasteiger partial charge in [0.05, 0.1) is 5.56 Å². The molecule has 0 bridgehead atoms. The number of nitrogens with two attached hydrogens (primary N) is 1. The van der Waals surface area contributed by atoms with Crippen LogP contribution in [0.15, 0.2) is 60.9 Å². The molecule has 26 heavy (non-hydrogen) atoms. The van der Waals surface area contributed by atoms with Gasteiger partial charge in [0.25, 0.3) is 0 Å². The van der Waals surface area contributed by atoms with Crippen molar-refractivity contribution in [3.8, 4) is 17.1 Å². The predicted molar refractivity (Wildman–Crippen MR) is 91.5 cm³/mol. The van der Waals surface area contributed by atoms with E-state index in [0.29, 0.717) is 16.7 Å². The zero-order chi connectivity index (χ0) is 18.3. The van der Waals surface area contributed by atoms with E-state index in [1.165, 1.54) is 12.1 Å². The van der Waals surface area contributed by atoms with Gasteiger partial charge in [-0.25, -0.2) is 15.0 Å². The summed E-state index contributed by atoms with van der Waals surface area (Å²) in [6.07, 6.45) is -2.81. The Morgan fingerprint density at radius 2 is 1.58 bits per heavy atom. The fourth-order valence-corrected chi connectivity index (χ4v) is 2.64. The number of fused-ring (bicyclic) bond motifs is 1. The molecule has 0 amide bonds. The lowest BCUT2D eigenvalue weighted by Crippen LogP contribution is -2.04. The molecule has 4 rings (SSSR count). The second-order valence-electron chi connectivity index (χ2n) is 5.63. The first-order chi connectivity index (χ1) is 12.4. The van der Waals surface area contributed by atoms with Crippen LogP contribution >= 0.6 is 0 Å². The van der Waals surface area contributed by atoms with Crippen molar-refractivity contribution in [2.24, 2.45) is 0 Å². The first-order valence-electron chi connectivity index (χ1n) is 7.67. The molecule has 0 saturated carbocycles. The lowest BCUT2D eigenvalue weighted by atomic mass is 10.1. The molecule has 0 aliphatic rings. The van der Waals surface area contributed by atoms with E-state index in [-0.39, 0.29) is 11.6 Å². The minimum atomic E-state index is -4.39. The lowest BCUT2D eigenvalue weighted by Gasteiger charge is -2.08. The van der Waals surface area contributed by atoms with Gasteiger partial charge in [-0.2, -0.15) is 13.2 Å². The molecule has 2 aromatic heterocycles. The van der Waals surface area contributed by atoms with Gasteiger partial charge >= 0.3 is 6.18 Å². The van der Waals surface area contributed by atoms with E-state index in [1.807, 2.05) is 30.3 Å². The Morgan fingerprint density at radius 1 is 0.885 bits per heavy atom. The Kier molecular flexibility index (Phi) is 3.61. The molecule has 0 fully saturated rings. The smallest absolute Gasteiger partial charge is 0.382 e.